The number of imide groups is 1. The minimum absolute atomic E-state index is 0.0587. The van der Waals surface area contributed by atoms with Gasteiger partial charge in [-0.15, -0.1) is 0 Å². The topological polar surface area (TPSA) is 80.8 Å². The molecule has 1 N–H and O–H groups in total. The highest BCUT2D eigenvalue weighted by atomic mass is 16.5. The molecule has 1 saturated heterocycles. The molecule has 1 fully saturated rings. The van der Waals surface area contributed by atoms with Crippen molar-refractivity contribution < 1.29 is 19.1 Å². The Morgan fingerprint density at radius 2 is 2.05 bits per heavy atom. The first-order valence-electron chi connectivity index (χ1n) is 6.56. The fourth-order valence-electron chi connectivity index (χ4n) is 2.19. The highest BCUT2D eigenvalue weighted by molar-refractivity contribution is 6.02. The summed E-state index contributed by atoms with van der Waals surface area (Å²) in [6.07, 6.45) is 1.55. The van der Waals surface area contributed by atoms with Gasteiger partial charge in [-0.05, 0) is 13.8 Å². The third kappa shape index (κ3) is 2.82. The first-order chi connectivity index (χ1) is 9.90. The number of ether oxygens (including phenoxy) is 2. The van der Waals surface area contributed by atoms with Crippen LogP contribution in [-0.4, -0.2) is 48.0 Å². The van der Waals surface area contributed by atoms with Gasteiger partial charge in [-0.2, -0.15) is 0 Å². The lowest BCUT2D eigenvalue weighted by Gasteiger charge is -2.36. The van der Waals surface area contributed by atoms with Crippen LogP contribution in [0.25, 0.3) is 0 Å². The Balaban J connectivity index is 2.32. The molecule has 1 aliphatic heterocycles. The van der Waals surface area contributed by atoms with Gasteiger partial charge in [0.2, 0.25) is 11.8 Å². The first-order valence-corrected chi connectivity index (χ1v) is 6.56. The molecular weight excluding hydrogens is 274 g/mol. The maximum atomic E-state index is 12.4. The van der Waals surface area contributed by atoms with E-state index in [2.05, 4.69) is 10.3 Å². The van der Waals surface area contributed by atoms with Gasteiger partial charge in [0, 0.05) is 12.3 Å². The largest absolute Gasteiger partial charge is 0.493 e. The molecule has 114 valence electrons. The van der Waals surface area contributed by atoms with Crippen LogP contribution in [0, 0.1) is 0 Å². The number of amides is 2. The molecule has 7 nitrogen and oxygen atoms in total. The van der Waals surface area contributed by atoms with Gasteiger partial charge in [0.15, 0.2) is 11.5 Å². The van der Waals surface area contributed by atoms with Gasteiger partial charge in [-0.1, -0.05) is 0 Å². The number of carbonyl (C=O) groups excluding carboxylic acids is 2. The maximum Gasteiger partial charge on any atom is 0.249 e. The summed E-state index contributed by atoms with van der Waals surface area (Å²) in [5.74, 6) is 0.366. The van der Waals surface area contributed by atoms with Crippen molar-refractivity contribution in [1.29, 1.82) is 0 Å². The quantitative estimate of drug-likeness (QED) is 0.806. The molecule has 0 aromatic carbocycles. The van der Waals surface area contributed by atoms with Crippen LogP contribution >= 0.6 is 0 Å². The van der Waals surface area contributed by atoms with Crippen LogP contribution in [0.3, 0.4) is 0 Å². The number of aromatic nitrogens is 1. The third-order valence-electron chi connectivity index (χ3n) is 3.44. The number of rotatable bonds is 4. The zero-order valence-corrected chi connectivity index (χ0v) is 12.6. The second kappa shape index (κ2) is 5.69. The summed E-state index contributed by atoms with van der Waals surface area (Å²) in [5, 5.41) is 2.91. The van der Waals surface area contributed by atoms with Crippen molar-refractivity contribution in [3.05, 3.63) is 18.0 Å². The summed E-state index contributed by atoms with van der Waals surface area (Å²) in [6, 6.07) is 1.66. The molecule has 1 aromatic rings. The Labute approximate surface area is 123 Å². The minimum atomic E-state index is -0.778. The van der Waals surface area contributed by atoms with Crippen molar-refractivity contribution in [2.75, 3.05) is 20.8 Å². The van der Waals surface area contributed by atoms with Gasteiger partial charge in [0.1, 0.15) is 5.69 Å². The van der Waals surface area contributed by atoms with Crippen molar-refractivity contribution >= 4 is 11.8 Å². The smallest absolute Gasteiger partial charge is 0.249 e. The molecule has 0 spiro atoms. The molecule has 0 bridgehead atoms. The zero-order chi connectivity index (χ0) is 15.6. The average Bonchev–Trinajstić information content (AvgIpc) is 2.47. The van der Waals surface area contributed by atoms with E-state index in [4.69, 9.17) is 9.47 Å². The summed E-state index contributed by atoms with van der Waals surface area (Å²) in [6.45, 7) is 3.66. The molecule has 21 heavy (non-hydrogen) atoms. The van der Waals surface area contributed by atoms with Crippen molar-refractivity contribution in [2.45, 2.75) is 25.9 Å². The number of hydrogen-bond acceptors (Lipinski definition) is 6. The Hall–Kier alpha value is -2.15. The highest BCUT2D eigenvalue weighted by Gasteiger charge is 2.40. The molecule has 1 aliphatic rings. The first kappa shape index (κ1) is 15.2. The lowest BCUT2D eigenvalue weighted by molar-refractivity contribution is -0.153. The van der Waals surface area contributed by atoms with Gasteiger partial charge >= 0.3 is 0 Å². The molecule has 0 aliphatic carbocycles. The summed E-state index contributed by atoms with van der Waals surface area (Å²) in [4.78, 5) is 29.7. The van der Waals surface area contributed by atoms with Crippen molar-refractivity contribution in [3.8, 4) is 11.5 Å². The van der Waals surface area contributed by atoms with E-state index in [1.165, 1.54) is 19.1 Å². The van der Waals surface area contributed by atoms with Crippen LogP contribution in [-0.2, 0) is 16.1 Å². The summed E-state index contributed by atoms with van der Waals surface area (Å²) < 4.78 is 10.5. The molecule has 1 aromatic heterocycles. The second-order valence-electron chi connectivity index (χ2n) is 5.26. The van der Waals surface area contributed by atoms with E-state index in [9.17, 15) is 9.59 Å². The van der Waals surface area contributed by atoms with Crippen molar-refractivity contribution in [1.82, 2.24) is 15.2 Å². The summed E-state index contributed by atoms with van der Waals surface area (Å²) in [7, 11) is 3.01. The number of nitrogens with zero attached hydrogens (tertiary/aromatic N) is 2. The van der Waals surface area contributed by atoms with Crippen LogP contribution in [0.2, 0.25) is 0 Å². The van der Waals surface area contributed by atoms with Gasteiger partial charge in [0.25, 0.3) is 0 Å². The van der Waals surface area contributed by atoms with E-state index in [-0.39, 0.29) is 24.9 Å². The molecule has 0 saturated carbocycles. The minimum Gasteiger partial charge on any atom is -0.493 e. The lowest BCUT2D eigenvalue weighted by Crippen LogP contribution is -2.63. The lowest BCUT2D eigenvalue weighted by atomic mass is 10.0. The number of piperazine rings is 1. The fourth-order valence-corrected chi connectivity index (χ4v) is 2.19. The predicted octanol–water partition coefficient (Wildman–Crippen LogP) is 0.336. The number of methoxy groups -OCH3 is 2. The third-order valence-corrected chi connectivity index (χ3v) is 3.44. The Morgan fingerprint density at radius 1 is 1.33 bits per heavy atom. The van der Waals surface area contributed by atoms with Crippen LogP contribution in [0.5, 0.6) is 11.5 Å². The summed E-state index contributed by atoms with van der Waals surface area (Å²) >= 11 is 0. The second-order valence-corrected chi connectivity index (χ2v) is 5.26. The van der Waals surface area contributed by atoms with E-state index in [1.807, 2.05) is 0 Å². The molecule has 2 heterocycles. The highest BCUT2D eigenvalue weighted by Crippen LogP contribution is 2.30. The SMILES string of the molecule is COc1ccnc(CN2C(=O)CNC(C)(C)C2=O)c1OC. The van der Waals surface area contributed by atoms with E-state index in [0.717, 1.165) is 0 Å². The molecule has 2 rings (SSSR count). The van der Waals surface area contributed by atoms with Crippen molar-refractivity contribution in [3.63, 3.8) is 0 Å². The molecule has 0 unspecified atom stereocenters. The predicted molar refractivity (Wildman–Crippen MR) is 75.0 cm³/mol. The van der Waals surface area contributed by atoms with Crippen LogP contribution in [0.4, 0.5) is 0 Å². The van der Waals surface area contributed by atoms with E-state index >= 15 is 0 Å². The Bertz CT molecular complexity index is 571. The Morgan fingerprint density at radius 3 is 2.67 bits per heavy atom. The standard InChI is InChI=1S/C14H19N3O4/c1-14(2)13(19)17(11(18)7-16-14)8-9-12(21-4)10(20-3)5-6-15-9/h5-6,16H,7-8H2,1-4H3. The molecular formula is C14H19N3O4. The molecule has 0 radical (unpaired) electrons. The van der Waals surface area contributed by atoms with E-state index in [1.54, 1.807) is 26.1 Å². The van der Waals surface area contributed by atoms with Gasteiger partial charge in [0.05, 0.1) is 32.8 Å². The monoisotopic (exact) mass is 293 g/mol. The number of hydrogen-bond donors (Lipinski definition) is 1. The zero-order valence-electron chi connectivity index (χ0n) is 12.6. The summed E-state index contributed by atoms with van der Waals surface area (Å²) in [5.41, 5.74) is -0.295. The molecule has 0 atom stereocenters. The van der Waals surface area contributed by atoms with Crippen LogP contribution < -0.4 is 14.8 Å². The van der Waals surface area contributed by atoms with Crippen LogP contribution in [0.1, 0.15) is 19.5 Å². The Kier molecular flexibility index (Phi) is 4.13. The van der Waals surface area contributed by atoms with E-state index in [0.29, 0.717) is 17.2 Å². The van der Waals surface area contributed by atoms with Gasteiger partial charge in [-0.25, -0.2) is 0 Å². The molecule has 2 amide bonds. The molecule has 7 heteroatoms. The maximum absolute atomic E-state index is 12.4. The van der Waals surface area contributed by atoms with Crippen molar-refractivity contribution in [2.24, 2.45) is 0 Å². The normalized spacial score (nSPS) is 17.8. The number of pyridine rings is 1. The fraction of sp³-hybridized carbons (Fsp3) is 0.500. The average molecular weight is 293 g/mol. The van der Waals surface area contributed by atoms with E-state index < -0.39 is 5.54 Å². The van der Waals surface area contributed by atoms with Crippen LogP contribution in [0.15, 0.2) is 12.3 Å². The van der Waals surface area contributed by atoms with Gasteiger partial charge < -0.3 is 9.47 Å². The number of nitrogens with one attached hydrogen (secondary N) is 1. The number of carbonyl (C=O) groups is 2. The van der Waals surface area contributed by atoms with Gasteiger partial charge in [-0.3, -0.25) is 24.8 Å².